The zero-order valence-electron chi connectivity index (χ0n) is 14.6. The summed E-state index contributed by atoms with van der Waals surface area (Å²) in [5, 5.41) is 13.6. The molecule has 1 aliphatic heterocycles. The first-order valence-corrected chi connectivity index (χ1v) is 8.18. The first kappa shape index (κ1) is 17.7. The molecule has 0 atom stereocenters. The van der Waals surface area contributed by atoms with E-state index in [0.29, 0.717) is 49.2 Å². The van der Waals surface area contributed by atoms with Crippen LogP contribution in [0.1, 0.15) is 21.6 Å². The molecule has 0 aliphatic carbocycles. The van der Waals surface area contributed by atoms with Gasteiger partial charge in [0.15, 0.2) is 0 Å². The molecule has 1 aromatic carbocycles. The van der Waals surface area contributed by atoms with Crippen LogP contribution < -0.4 is 10.2 Å². The maximum Gasteiger partial charge on any atom is 0.271 e. The second-order valence-corrected chi connectivity index (χ2v) is 5.98. The highest BCUT2D eigenvalue weighted by Gasteiger charge is 2.18. The van der Waals surface area contributed by atoms with Gasteiger partial charge in [-0.2, -0.15) is 0 Å². The second-order valence-electron chi connectivity index (χ2n) is 5.98. The van der Waals surface area contributed by atoms with Gasteiger partial charge in [0.1, 0.15) is 0 Å². The van der Waals surface area contributed by atoms with E-state index >= 15 is 0 Å². The number of hydrogen-bond acceptors (Lipinski definition) is 7. The molecule has 0 unspecified atom stereocenters. The molecule has 9 nitrogen and oxygen atoms in total. The molecule has 1 saturated heterocycles. The number of nitrogens with one attached hydrogen (secondary N) is 1. The SMILES string of the molecule is Cc1ccc([N+](=O)[O-])cc1NC(=O)c1cnc(N2CCOCC2)nc1C. The minimum Gasteiger partial charge on any atom is -0.378 e. The molecular formula is C17H19N5O4. The third-order valence-corrected chi connectivity index (χ3v) is 4.19. The van der Waals surface area contributed by atoms with E-state index in [1.807, 2.05) is 4.90 Å². The monoisotopic (exact) mass is 357 g/mol. The lowest BCUT2D eigenvalue weighted by Gasteiger charge is -2.27. The summed E-state index contributed by atoms with van der Waals surface area (Å²) in [6.07, 6.45) is 1.48. The Morgan fingerprint density at radius 2 is 2.04 bits per heavy atom. The molecule has 0 saturated carbocycles. The van der Waals surface area contributed by atoms with Gasteiger partial charge in [-0.3, -0.25) is 14.9 Å². The fourth-order valence-electron chi connectivity index (χ4n) is 2.64. The highest BCUT2D eigenvalue weighted by atomic mass is 16.6. The number of hydrogen-bond donors (Lipinski definition) is 1. The zero-order valence-corrected chi connectivity index (χ0v) is 14.6. The van der Waals surface area contributed by atoms with Crippen LogP contribution in [0.3, 0.4) is 0 Å². The molecule has 1 amide bonds. The predicted molar refractivity (Wildman–Crippen MR) is 95.6 cm³/mol. The molecule has 0 bridgehead atoms. The quantitative estimate of drug-likeness (QED) is 0.659. The lowest BCUT2D eigenvalue weighted by molar-refractivity contribution is -0.384. The number of amides is 1. The van der Waals surface area contributed by atoms with E-state index < -0.39 is 10.8 Å². The summed E-state index contributed by atoms with van der Waals surface area (Å²) in [6.45, 7) is 6.16. The van der Waals surface area contributed by atoms with Crippen molar-refractivity contribution in [2.24, 2.45) is 0 Å². The number of aromatic nitrogens is 2. The first-order valence-electron chi connectivity index (χ1n) is 8.18. The van der Waals surface area contributed by atoms with Gasteiger partial charge in [-0.15, -0.1) is 0 Å². The van der Waals surface area contributed by atoms with Crippen molar-refractivity contribution in [3.63, 3.8) is 0 Å². The Bertz CT molecular complexity index is 849. The van der Waals surface area contributed by atoms with Gasteiger partial charge in [-0.1, -0.05) is 6.07 Å². The fourth-order valence-corrected chi connectivity index (χ4v) is 2.64. The van der Waals surface area contributed by atoms with Crippen LogP contribution in [0.2, 0.25) is 0 Å². The lowest BCUT2D eigenvalue weighted by atomic mass is 10.1. The Kier molecular flexibility index (Phi) is 5.08. The van der Waals surface area contributed by atoms with E-state index in [4.69, 9.17) is 4.74 Å². The van der Waals surface area contributed by atoms with E-state index in [1.165, 1.54) is 18.3 Å². The number of carbonyl (C=O) groups excluding carboxylic acids is 1. The molecule has 1 aromatic heterocycles. The number of carbonyl (C=O) groups is 1. The third-order valence-electron chi connectivity index (χ3n) is 4.19. The van der Waals surface area contributed by atoms with Crippen molar-refractivity contribution in [1.82, 2.24) is 9.97 Å². The number of aryl methyl sites for hydroxylation is 2. The van der Waals surface area contributed by atoms with Crippen LogP contribution in [-0.2, 0) is 4.74 Å². The Balaban J connectivity index is 1.80. The summed E-state index contributed by atoms with van der Waals surface area (Å²) < 4.78 is 5.31. The van der Waals surface area contributed by atoms with Crippen LogP contribution in [0.5, 0.6) is 0 Å². The van der Waals surface area contributed by atoms with Crippen molar-refractivity contribution >= 4 is 23.2 Å². The summed E-state index contributed by atoms with van der Waals surface area (Å²) in [7, 11) is 0. The number of benzene rings is 1. The number of non-ortho nitro benzene ring substituents is 1. The van der Waals surface area contributed by atoms with Crippen molar-refractivity contribution in [2.45, 2.75) is 13.8 Å². The Labute approximate surface area is 150 Å². The van der Waals surface area contributed by atoms with Gasteiger partial charge in [0.2, 0.25) is 5.95 Å². The van der Waals surface area contributed by atoms with E-state index in [2.05, 4.69) is 15.3 Å². The number of nitrogens with zero attached hydrogens (tertiary/aromatic N) is 4. The molecule has 26 heavy (non-hydrogen) atoms. The maximum absolute atomic E-state index is 12.6. The van der Waals surface area contributed by atoms with Crippen LogP contribution in [0.15, 0.2) is 24.4 Å². The second kappa shape index (κ2) is 7.44. The molecule has 3 rings (SSSR count). The van der Waals surface area contributed by atoms with Crippen LogP contribution in [-0.4, -0.2) is 47.1 Å². The molecule has 1 aliphatic rings. The summed E-state index contributed by atoms with van der Waals surface area (Å²) in [5.41, 5.74) is 1.91. The van der Waals surface area contributed by atoms with Crippen LogP contribution in [0, 0.1) is 24.0 Å². The van der Waals surface area contributed by atoms with Crippen molar-refractivity contribution in [3.05, 3.63) is 51.3 Å². The van der Waals surface area contributed by atoms with Crippen molar-refractivity contribution in [2.75, 3.05) is 36.5 Å². The third kappa shape index (κ3) is 3.77. The van der Waals surface area contributed by atoms with Crippen LogP contribution in [0.4, 0.5) is 17.3 Å². The smallest absolute Gasteiger partial charge is 0.271 e. The number of anilines is 2. The molecule has 136 valence electrons. The number of ether oxygens (including phenoxy) is 1. The molecule has 9 heteroatoms. The van der Waals surface area contributed by atoms with Gasteiger partial charge in [0, 0.05) is 31.4 Å². The standard InChI is InChI=1S/C17H19N5O4/c1-11-3-4-13(22(24)25)9-15(11)20-16(23)14-10-18-17(19-12(14)2)21-5-7-26-8-6-21/h3-4,9-10H,5-8H2,1-2H3,(H,20,23). The summed E-state index contributed by atoms with van der Waals surface area (Å²) in [6, 6.07) is 4.33. The Hall–Kier alpha value is -3.07. The maximum atomic E-state index is 12.6. The summed E-state index contributed by atoms with van der Waals surface area (Å²) >= 11 is 0. The van der Waals surface area contributed by atoms with Crippen molar-refractivity contribution in [1.29, 1.82) is 0 Å². The predicted octanol–water partition coefficient (Wildman–Crippen LogP) is 2.09. The molecule has 0 spiro atoms. The number of nitro groups is 1. The summed E-state index contributed by atoms with van der Waals surface area (Å²) in [4.78, 5) is 33.7. The van der Waals surface area contributed by atoms with Crippen LogP contribution >= 0.6 is 0 Å². The van der Waals surface area contributed by atoms with Gasteiger partial charge >= 0.3 is 0 Å². The molecule has 2 heterocycles. The topological polar surface area (TPSA) is 110 Å². The average Bonchev–Trinajstić information content (AvgIpc) is 2.63. The molecule has 2 aromatic rings. The van der Waals surface area contributed by atoms with Gasteiger partial charge < -0.3 is 15.0 Å². The molecule has 1 N–H and O–H groups in total. The minimum absolute atomic E-state index is 0.0819. The molecule has 0 radical (unpaired) electrons. The fraction of sp³-hybridized carbons (Fsp3) is 0.353. The van der Waals surface area contributed by atoms with Crippen LogP contribution in [0.25, 0.3) is 0 Å². The molecular weight excluding hydrogens is 338 g/mol. The number of morpholine rings is 1. The Morgan fingerprint density at radius 3 is 2.69 bits per heavy atom. The molecule has 1 fully saturated rings. The van der Waals surface area contributed by atoms with Crippen molar-refractivity contribution in [3.8, 4) is 0 Å². The largest absolute Gasteiger partial charge is 0.378 e. The van der Waals surface area contributed by atoms with Crippen molar-refractivity contribution < 1.29 is 14.5 Å². The Morgan fingerprint density at radius 1 is 1.31 bits per heavy atom. The average molecular weight is 357 g/mol. The lowest BCUT2D eigenvalue weighted by Crippen LogP contribution is -2.37. The van der Waals surface area contributed by atoms with Gasteiger partial charge in [0.05, 0.1) is 35.1 Å². The van der Waals surface area contributed by atoms with E-state index in [-0.39, 0.29) is 5.69 Å². The minimum atomic E-state index is -0.499. The summed E-state index contributed by atoms with van der Waals surface area (Å²) in [5.74, 6) is 0.161. The van der Waals surface area contributed by atoms with E-state index in [1.54, 1.807) is 19.9 Å². The van der Waals surface area contributed by atoms with E-state index in [9.17, 15) is 14.9 Å². The van der Waals surface area contributed by atoms with Gasteiger partial charge in [-0.05, 0) is 19.4 Å². The van der Waals surface area contributed by atoms with Gasteiger partial charge in [-0.25, -0.2) is 9.97 Å². The normalized spacial score (nSPS) is 14.2. The number of nitro benzene ring substituents is 1. The number of rotatable bonds is 4. The van der Waals surface area contributed by atoms with Gasteiger partial charge in [0.25, 0.3) is 11.6 Å². The first-order chi connectivity index (χ1) is 12.5. The highest BCUT2D eigenvalue weighted by molar-refractivity contribution is 6.05. The zero-order chi connectivity index (χ0) is 18.7. The van der Waals surface area contributed by atoms with E-state index in [0.717, 1.165) is 5.56 Å². The highest BCUT2D eigenvalue weighted by Crippen LogP contribution is 2.23.